The molecule has 0 atom stereocenters. The molecule has 0 aliphatic heterocycles. The van der Waals surface area contributed by atoms with E-state index in [9.17, 15) is 4.79 Å². The Bertz CT molecular complexity index is 547. The summed E-state index contributed by atoms with van der Waals surface area (Å²) in [6.07, 6.45) is 4.13. The predicted molar refractivity (Wildman–Crippen MR) is 84.1 cm³/mol. The third-order valence-corrected chi connectivity index (χ3v) is 3.85. The van der Waals surface area contributed by atoms with Crippen molar-refractivity contribution in [3.8, 4) is 5.75 Å². The van der Waals surface area contributed by atoms with Crippen LogP contribution in [-0.2, 0) is 14.4 Å². The maximum atomic E-state index is 12.2. The molecule has 5 nitrogen and oxygen atoms in total. The van der Waals surface area contributed by atoms with E-state index >= 15 is 0 Å². The van der Waals surface area contributed by atoms with Crippen LogP contribution in [0, 0.1) is 0 Å². The SMILES string of the molecule is CCOC(=O)/C(=N\OC1(C)CCCC1)c1ccccc1OC. The van der Waals surface area contributed by atoms with Crippen molar-refractivity contribution < 1.29 is 19.1 Å². The Kier molecular flexibility index (Phi) is 5.41. The van der Waals surface area contributed by atoms with E-state index < -0.39 is 5.97 Å². The first-order chi connectivity index (χ1) is 10.6. The molecule has 2 rings (SSSR count). The lowest BCUT2D eigenvalue weighted by Gasteiger charge is -2.21. The van der Waals surface area contributed by atoms with Crippen LogP contribution in [-0.4, -0.2) is 31.0 Å². The van der Waals surface area contributed by atoms with Crippen molar-refractivity contribution in [1.82, 2.24) is 0 Å². The number of methoxy groups -OCH3 is 1. The number of rotatable bonds is 6. The number of oxime groups is 1. The van der Waals surface area contributed by atoms with Crippen LogP contribution in [0.2, 0.25) is 0 Å². The normalized spacial score (nSPS) is 17.1. The Labute approximate surface area is 131 Å². The van der Waals surface area contributed by atoms with Crippen molar-refractivity contribution in [1.29, 1.82) is 0 Å². The Morgan fingerprint density at radius 3 is 2.59 bits per heavy atom. The zero-order valence-electron chi connectivity index (χ0n) is 13.4. The number of carbonyl (C=O) groups is 1. The van der Waals surface area contributed by atoms with E-state index in [0.29, 0.717) is 11.3 Å². The fraction of sp³-hybridized carbons (Fsp3) is 0.529. The third kappa shape index (κ3) is 3.78. The lowest BCUT2D eigenvalue weighted by molar-refractivity contribution is -0.135. The van der Waals surface area contributed by atoms with Crippen molar-refractivity contribution in [3.63, 3.8) is 0 Å². The summed E-state index contributed by atoms with van der Waals surface area (Å²) in [5, 5.41) is 4.14. The molecule has 0 unspecified atom stereocenters. The highest BCUT2D eigenvalue weighted by atomic mass is 16.7. The zero-order chi connectivity index (χ0) is 16.0. The smallest absolute Gasteiger partial charge is 0.361 e. The average molecular weight is 305 g/mol. The van der Waals surface area contributed by atoms with Crippen LogP contribution in [0.3, 0.4) is 0 Å². The minimum atomic E-state index is -0.506. The molecule has 22 heavy (non-hydrogen) atoms. The molecule has 0 N–H and O–H groups in total. The molecule has 0 aromatic heterocycles. The first-order valence-electron chi connectivity index (χ1n) is 7.66. The number of carbonyl (C=O) groups excluding carboxylic acids is 1. The summed E-state index contributed by atoms with van der Waals surface area (Å²) in [6, 6.07) is 7.21. The molecule has 1 aromatic rings. The van der Waals surface area contributed by atoms with Crippen molar-refractivity contribution in [3.05, 3.63) is 29.8 Å². The van der Waals surface area contributed by atoms with Gasteiger partial charge in [-0.2, -0.15) is 0 Å². The summed E-state index contributed by atoms with van der Waals surface area (Å²) in [5.74, 6) is 0.0584. The van der Waals surface area contributed by atoms with Gasteiger partial charge in [-0.1, -0.05) is 17.3 Å². The molecular weight excluding hydrogens is 282 g/mol. The van der Waals surface area contributed by atoms with E-state index in [4.69, 9.17) is 14.3 Å². The highest BCUT2D eigenvalue weighted by Gasteiger charge is 2.32. The maximum absolute atomic E-state index is 12.2. The minimum absolute atomic E-state index is 0.146. The van der Waals surface area contributed by atoms with Gasteiger partial charge in [-0.15, -0.1) is 0 Å². The van der Waals surface area contributed by atoms with E-state index in [1.165, 1.54) is 0 Å². The van der Waals surface area contributed by atoms with Gasteiger partial charge in [-0.05, 0) is 51.7 Å². The summed E-state index contributed by atoms with van der Waals surface area (Å²) in [4.78, 5) is 17.9. The zero-order valence-corrected chi connectivity index (χ0v) is 13.4. The average Bonchev–Trinajstić information content (AvgIpc) is 2.95. The van der Waals surface area contributed by atoms with Gasteiger partial charge in [0.15, 0.2) is 5.71 Å². The van der Waals surface area contributed by atoms with Crippen LogP contribution in [0.5, 0.6) is 5.75 Å². The largest absolute Gasteiger partial charge is 0.496 e. The van der Waals surface area contributed by atoms with Gasteiger partial charge in [0, 0.05) is 0 Å². The van der Waals surface area contributed by atoms with Gasteiger partial charge in [0.2, 0.25) is 0 Å². The molecule has 0 saturated heterocycles. The Balaban J connectivity index is 2.31. The van der Waals surface area contributed by atoms with Gasteiger partial charge in [-0.3, -0.25) is 0 Å². The van der Waals surface area contributed by atoms with E-state index in [2.05, 4.69) is 5.16 Å². The second-order valence-corrected chi connectivity index (χ2v) is 5.61. The molecule has 1 aliphatic rings. The van der Waals surface area contributed by atoms with Gasteiger partial charge < -0.3 is 14.3 Å². The highest BCUT2D eigenvalue weighted by molar-refractivity contribution is 6.43. The molecule has 1 fully saturated rings. The number of esters is 1. The summed E-state index contributed by atoms with van der Waals surface area (Å²) >= 11 is 0. The van der Waals surface area contributed by atoms with Crippen molar-refractivity contribution >= 4 is 11.7 Å². The first kappa shape index (κ1) is 16.3. The lowest BCUT2D eigenvalue weighted by atomic mass is 10.1. The molecule has 1 aromatic carbocycles. The number of para-hydroxylation sites is 1. The van der Waals surface area contributed by atoms with Gasteiger partial charge in [0.05, 0.1) is 19.3 Å². The monoisotopic (exact) mass is 305 g/mol. The number of hydrogen-bond donors (Lipinski definition) is 0. The Hall–Kier alpha value is -2.04. The summed E-state index contributed by atoms with van der Waals surface area (Å²) in [6.45, 7) is 4.07. The second kappa shape index (κ2) is 7.29. The molecule has 0 spiro atoms. The second-order valence-electron chi connectivity index (χ2n) is 5.61. The molecule has 1 aliphatic carbocycles. The van der Waals surface area contributed by atoms with E-state index in [0.717, 1.165) is 25.7 Å². The summed E-state index contributed by atoms with van der Waals surface area (Å²) < 4.78 is 10.4. The van der Waals surface area contributed by atoms with Crippen LogP contribution >= 0.6 is 0 Å². The number of nitrogens with zero attached hydrogens (tertiary/aromatic N) is 1. The van der Waals surface area contributed by atoms with Crippen molar-refractivity contribution in [2.24, 2.45) is 5.16 Å². The van der Waals surface area contributed by atoms with Gasteiger partial charge in [0.25, 0.3) is 0 Å². The third-order valence-electron chi connectivity index (χ3n) is 3.85. The van der Waals surface area contributed by atoms with Gasteiger partial charge in [-0.25, -0.2) is 4.79 Å². The van der Waals surface area contributed by atoms with Crippen LogP contribution in [0.1, 0.15) is 45.1 Å². The number of hydrogen-bond acceptors (Lipinski definition) is 5. The molecular formula is C17H23NO4. The fourth-order valence-electron chi connectivity index (χ4n) is 2.61. The minimum Gasteiger partial charge on any atom is -0.496 e. The molecule has 0 heterocycles. The Morgan fingerprint density at radius 2 is 1.95 bits per heavy atom. The highest BCUT2D eigenvalue weighted by Crippen LogP contribution is 2.33. The standard InChI is InChI=1S/C17H23NO4/c1-4-21-16(19)15(13-9-5-6-10-14(13)20-3)18-22-17(2)11-7-8-12-17/h5-6,9-10H,4,7-8,11-12H2,1-3H3/b18-15-. The Morgan fingerprint density at radius 1 is 1.27 bits per heavy atom. The molecule has 120 valence electrons. The van der Waals surface area contributed by atoms with Crippen LogP contribution in [0.15, 0.2) is 29.4 Å². The van der Waals surface area contributed by atoms with Crippen molar-refractivity contribution in [2.75, 3.05) is 13.7 Å². The number of benzene rings is 1. The van der Waals surface area contributed by atoms with Gasteiger partial charge in [0.1, 0.15) is 11.4 Å². The fourth-order valence-corrected chi connectivity index (χ4v) is 2.61. The molecule has 0 radical (unpaired) electrons. The van der Waals surface area contributed by atoms with E-state index in [1.807, 2.05) is 19.1 Å². The molecule has 5 heteroatoms. The molecule has 0 bridgehead atoms. The van der Waals surface area contributed by atoms with Gasteiger partial charge >= 0.3 is 5.97 Å². The number of ether oxygens (including phenoxy) is 2. The summed E-state index contributed by atoms with van der Waals surface area (Å²) in [7, 11) is 1.56. The van der Waals surface area contributed by atoms with Crippen molar-refractivity contribution in [2.45, 2.75) is 45.1 Å². The lowest BCUT2D eigenvalue weighted by Crippen LogP contribution is -2.25. The maximum Gasteiger partial charge on any atom is 0.361 e. The van der Waals surface area contributed by atoms with Crippen LogP contribution in [0.4, 0.5) is 0 Å². The molecule has 0 amide bonds. The van der Waals surface area contributed by atoms with Crippen LogP contribution in [0.25, 0.3) is 0 Å². The molecule has 1 saturated carbocycles. The quantitative estimate of drug-likeness (QED) is 0.459. The van der Waals surface area contributed by atoms with E-state index in [-0.39, 0.29) is 17.9 Å². The van der Waals surface area contributed by atoms with E-state index in [1.54, 1.807) is 26.2 Å². The predicted octanol–water partition coefficient (Wildman–Crippen LogP) is 3.31. The summed E-state index contributed by atoms with van der Waals surface area (Å²) in [5.41, 5.74) is 0.414. The van der Waals surface area contributed by atoms with Crippen LogP contribution < -0.4 is 4.74 Å². The topological polar surface area (TPSA) is 57.1 Å². The first-order valence-corrected chi connectivity index (χ1v) is 7.66.